The van der Waals surface area contributed by atoms with Crippen LogP contribution in [0, 0.1) is 0 Å². The molecule has 2 aromatic heterocycles. The molecular weight excluding hydrogens is 262 g/mol. The number of hydrogen-bond donors (Lipinski definition) is 0. The lowest BCUT2D eigenvalue weighted by Gasteiger charge is -2.28. The van der Waals surface area contributed by atoms with Gasteiger partial charge in [-0.2, -0.15) is 0 Å². The Labute approximate surface area is 126 Å². The SMILES string of the molecule is CCn1ccnc1CN1CCc2cnc(C(C)C)nc2C1. The highest BCUT2D eigenvalue weighted by Crippen LogP contribution is 2.20. The molecule has 0 spiro atoms. The van der Waals surface area contributed by atoms with Crippen LogP contribution in [0.4, 0.5) is 0 Å². The Kier molecular flexibility index (Phi) is 4.01. The summed E-state index contributed by atoms with van der Waals surface area (Å²) in [7, 11) is 0. The summed E-state index contributed by atoms with van der Waals surface area (Å²) in [6.45, 7) is 10.2. The minimum absolute atomic E-state index is 0.379. The molecule has 5 heteroatoms. The van der Waals surface area contributed by atoms with Gasteiger partial charge in [0.15, 0.2) is 0 Å². The van der Waals surface area contributed by atoms with Crippen LogP contribution >= 0.6 is 0 Å². The summed E-state index contributed by atoms with van der Waals surface area (Å²) in [5.74, 6) is 2.47. The van der Waals surface area contributed by atoms with E-state index in [1.54, 1.807) is 0 Å². The first-order valence-electron chi connectivity index (χ1n) is 7.74. The van der Waals surface area contributed by atoms with Crippen LogP contribution < -0.4 is 0 Å². The Morgan fingerprint density at radius 2 is 2.14 bits per heavy atom. The van der Waals surface area contributed by atoms with Gasteiger partial charge in [-0.15, -0.1) is 0 Å². The van der Waals surface area contributed by atoms with Crippen molar-refractivity contribution in [2.75, 3.05) is 6.54 Å². The van der Waals surface area contributed by atoms with Crippen LogP contribution in [0.3, 0.4) is 0 Å². The molecule has 2 aromatic rings. The minimum atomic E-state index is 0.379. The molecule has 3 rings (SSSR count). The average molecular weight is 285 g/mol. The Morgan fingerprint density at radius 1 is 1.29 bits per heavy atom. The maximum atomic E-state index is 4.75. The van der Waals surface area contributed by atoms with Gasteiger partial charge in [-0.05, 0) is 18.9 Å². The number of fused-ring (bicyclic) bond motifs is 1. The topological polar surface area (TPSA) is 46.8 Å². The van der Waals surface area contributed by atoms with Gasteiger partial charge in [-0.25, -0.2) is 15.0 Å². The highest BCUT2D eigenvalue weighted by molar-refractivity contribution is 5.21. The van der Waals surface area contributed by atoms with E-state index >= 15 is 0 Å². The second kappa shape index (κ2) is 5.93. The molecule has 0 N–H and O–H groups in total. The summed E-state index contributed by atoms with van der Waals surface area (Å²) >= 11 is 0. The van der Waals surface area contributed by atoms with Gasteiger partial charge in [0.1, 0.15) is 11.6 Å². The molecule has 0 unspecified atom stereocenters. The van der Waals surface area contributed by atoms with Crippen molar-refractivity contribution in [3.63, 3.8) is 0 Å². The Balaban J connectivity index is 1.76. The van der Waals surface area contributed by atoms with Crippen molar-refractivity contribution in [3.8, 4) is 0 Å². The number of rotatable bonds is 4. The lowest BCUT2D eigenvalue weighted by Crippen LogP contribution is -2.32. The van der Waals surface area contributed by atoms with E-state index < -0.39 is 0 Å². The summed E-state index contributed by atoms with van der Waals surface area (Å²) < 4.78 is 2.20. The van der Waals surface area contributed by atoms with Crippen LogP contribution in [0.2, 0.25) is 0 Å². The van der Waals surface area contributed by atoms with Crippen molar-refractivity contribution in [1.82, 2.24) is 24.4 Å². The Bertz CT molecular complexity index is 617. The fourth-order valence-corrected chi connectivity index (χ4v) is 2.77. The van der Waals surface area contributed by atoms with E-state index in [0.717, 1.165) is 44.2 Å². The predicted molar refractivity (Wildman–Crippen MR) is 81.8 cm³/mol. The van der Waals surface area contributed by atoms with Crippen LogP contribution in [0.1, 0.15) is 49.6 Å². The molecule has 0 saturated carbocycles. The van der Waals surface area contributed by atoms with E-state index in [0.29, 0.717) is 5.92 Å². The van der Waals surface area contributed by atoms with E-state index in [9.17, 15) is 0 Å². The first kappa shape index (κ1) is 14.2. The van der Waals surface area contributed by atoms with Gasteiger partial charge >= 0.3 is 0 Å². The van der Waals surface area contributed by atoms with Crippen LogP contribution in [0.15, 0.2) is 18.6 Å². The zero-order valence-electron chi connectivity index (χ0n) is 13.1. The van der Waals surface area contributed by atoms with E-state index in [1.165, 1.54) is 11.3 Å². The molecule has 0 fully saturated rings. The molecule has 0 amide bonds. The zero-order valence-corrected chi connectivity index (χ0v) is 13.1. The molecule has 0 aromatic carbocycles. The lowest BCUT2D eigenvalue weighted by molar-refractivity contribution is 0.231. The van der Waals surface area contributed by atoms with E-state index in [4.69, 9.17) is 4.98 Å². The van der Waals surface area contributed by atoms with Crippen LogP contribution in [0.25, 0.3) is 0 Å². The summed E-state index contributed by atoms with van der Waals surface area (Å²) in [6.07, 6.45) is 6.98. The van der Waals surface area contributed by atoms with Crippen molar-refractivity contribution in [2.24, 2.45) is 0 Å². The van der Waals surface area contributed by atoms with Gasteiger partial charge in [0.2, 0.25) is 0 Å². The van der Waals surface area contributed by atoms with Crippen LogP contribution in [-0.2, 0) is 26.1 Å². The third-order valence-electron chi connectivity index (χ3n) is 4.07. The quantitative estimate of drug-likeness (QED) is 0.865. The maximum absolute atomic E-state index is 4.75. The standard InChI is InChI=1S/C16H23N5/c1-4-21-8-6-17-15(21)11-20-7-5-13-9-18-16(12(2)3)19-14(13)10-20/h6,8-9,12H,4-5,7,10-11H2,1-3H3. The largest absolute Gasteiger partial charge is 0.334 e. The van der Waals surface area contributed by atoms with Crippen molar-refractivity contribution in [1.29, 1.82) is 0 Å². The van der Waals surface area contributed by atoms with E-state index in [-0.39, 0.29) is 0 Å². The lowest BCUT2D eigenvalue weighted by atomic mass is 10.1. The summed E-state index contributed by atoms with van der Waals surface area (Å²) in [6, 6.07) is 0. The van der Waals surface area contributed by atoms with Crippen LogP contribution in [-0.4, -0.2) is 31.0 Å². The number of nitrogens with zero attached hydrogens (tertiary/aromatic N) is 5. The summed E-state index contributed by atoms with van der Waals surface area (Å²) in [4.78, 5) is 16.1. The third kappa shape index (κ3) is 2.97. The number of hydrogen-bond acceptors (Lipinski definition) is 4. The number of aryl methyl sites for hydroxylation is 1. The number of aromatic nitrogens is 4. The molecular formula is C16H23N5. The van der Waals surface area contributed by atoms with Crippen LogP contribution in [0.5, 0.6) is 0 Å². The monoisotopic (exact) mass is 285 g/mol. The first-order valence-corrected chi connectivity index (χ1v) is 7.74. The van der Waals surface area contributed by atoms with Gasteiger partial charge in [0.05, 0.1) is 12.2 Å². The smallest absolute Gasteiger partial charge is 0.131 e. The van der Waals surface area contributed by atoms with Gasteiger partial charge < -0.3 is 4.57 Å². The zero-order chi connectivity index (χ0) is 14.8. The predicted octanol–water partition coefficient (Wildman–Crippen LogP) is 2.37. The molecule has 0 atom stereocenters. The second-order valence-corrected chi connectivity index (χ2v) is 5.94. The van der Waals surface area contributed by atoms with Crippen molar-refractivity contribution in [3.05, 3.63) is 41.5 Å². The van der Waals surface area contributed by atoms with Crippen molar-refractivity contribution < 1.29 is 0 Å². The Hall–Kier alpha value is -1.75. The molecule has 112 valence electrons. The first-order chi connectivity index (χ1) is 10.2. The molecule has 0 bridgehead atoms. The van der Waals surface area contributed by atoms with Crippen molar-refractivity contribution in [2.45, 2.75) is 52.7 Å². The molecule has 0 aliphatic carbocycles. The van der Waals surface area contributed by atoms with Gasteiger partial charge in [-0.3, -0.25) is 4.90 Å². The van der Waals surface area contributed by atoms with E-state index in [2.05, 4.69) is 40.2 Å². The highest BCUT2D eigenvalue weighted by atomic mass is 15.2. The molecule has 5 nitrogen and oxygen atoms in total. The third-order valence-corrected chi connectivity index (χ3v) is 4.07. The maximum Gasteiger partial charge on any atom is 0.131 e. The fraction of sp³-hybridized carbons (Fsp3) is 0.562. The van der Waals surface area contributed by atoms with Gasteiger partial charge in [0, 0.05) is 44.1 Å². The molecule has 0 saturated heterocycles. The molecule has 0 radical (unpaired) electrons. The Morgan fingerprint density at radius 3 is 2.90 bits per heavy atom. The number of imidazole rings is 1. The van der Waals surface area contributed by atoms with E-state index in [1.807, 2.05) is 18.6 Å². The average Bonchev–Trinajstić information content (AvgIpc) is 2.93. The molecule has 1 aliphatic heterocycles. The summed E-state index contributed by atoms with van der Waals surface area (Å²) in [5, 5.41) is 0. The molecule has 3 heterocycles. The molecule has 21 heavy (non-hydrogen) atoms. The fourth-order valence-electron chi connectivity index (χ4n) is 2.77. The minimum Gasteiger partial charge on any atom is -0.334 e. The second-order valence-electron chi connectivity index (χ2n) is 5.94. The van der Waals surface area contributed by atoms with Crippen molar-refractivity contribution >= 4 is 0 Å². The van der Waals surface area contributed by atoms with Gasteiger partial charge in [-0.1, -0.05) is 13.8 Å². The highest BCUT2D eigenvalue weighted by Gasteiger charge is 2.20. The van der Waals surface area contributed by atoms with Gasteiger partial charge in [0.25, 0.3) is 0 Å². The normalized spacial score (nSPS) is 15.4. The molecule has 1 aliphatic rings. The summed E-state index contributed by atoms with van der Waals surface area (Å²) in [5.41, 5.74) is 2.49.